The first kappa shape index (κ1) is 23.9. The lowest BCUT2D eigenvalue weighted by Crippen LogP contribution is -2.47. The van der Waals surface area contributed by atoms with Gasteiger partial charge in [-0.2, -0.15) is 10.4 Å². The van der Waals surface area contributed by atoms with E-state index in [-0.39, 0.29) is 6.04 Å². The van der Waals surface area contributed by atoms with Crippen LogP contribution in [0.25, 0.3) is 0 Å². The molecule has 2 N–H and O–H groups in total. The molecule has 24 heavy (non-hydrogen) atoms. The Morgan fingerprint density at radius 2 is 0.833 bits per heavy atom. The standard InChI is InChI=1S/C21H46NO2/c1-4-5-6-7-8-9-10-11-12-13-14-15-16-17-18-19-20-22(23,24)21(2)3/h21,23-24H,4-20H2,1-3H3/q+1. The van der Waals surface area contributed by atoms with Crippen molar-refractivity contribution in [2.24, 2.45) is 0 Å². The van der Waals surface area contributed by atoms with E-state index in [0.29, 0.717) is 6.54 Å². The molecule has 0 radical (unpaired) electrons. The van der Waals surface area contributed by atoms with Crippen LogP contribution in [0.15, 0.2) is 0 Å². The molecule has 3 nitrogen and oxygen atoms in total. The van der Waals surface area contributed by atoms with E-state index in [0.717, 1.165) is 12.8 Å². The predicted octanol–water partition coefficient (Wildman–Crippen LogP) is 7.25. The van der Waals surface area contributed by atoms with E-state index in [1.807, 2.05) is 13.8 Å². The van der Waals surface area contributed by atoms with Gasteiger partial charge in [-0.3, -0.25) is 0 Å². The first-order valence-corrected chi connectivity index (χ1v) is 10.8. The maximum atomic E-state index is 9.70. The van der Waals surface area contributed by atoms with Crippen LogP contribution in [-0.4, -0.2) is 27.8 Å². The quantitative estimate of drug-likeness (QED) is 0.156. The van der Waals surface area contributed by atoms with Gasteiger partial charge in [0.15, 0.2) is 0 Å². The molecule has 0 fully saturated rings. The fraction of sp³-hybridized carbons (Fsp3) is 1.00. The van der Waals surface area contributed by atoms with Crippen molar-refractivity contribution in [1.29, 1.82) is 0 Å². The third-order valence-corrected chi connectivity index (χ3v) is 5.17. The largest absolute Gasteiger partial charge is 0.182 e. The predicted molar refractivity (Wildman–Crippen MR) is 103 cm³/mol. The average Bonchev–Trinajstić information content (AvgIpc) is 2.54. The minimum atomic E-state index is -0.821. The topological polar surface area (TPSA) is 40.5 Å². The molecule has 0 aromatic carbocycles. The van der Waals surface area contributed by atoms with Gasteiger partial charge in [0.1, 0.15) is 12.6 Å². The van der Waals surface area contributed by atoms with E-state index in [4.69, 9.17) is 0 Å². The Kier molecular flexibility index (Phi) is 16.3. The van der Waals surface area contributed by atoms with Crippen molar-refractivity contribution in [3.63, 3.8) is 0 Å². The van der Waals surface area contributed by atoms with Crippen LogP contribution in [-0.2, 0) is 0 Å². The summed E-state index contributed by atoms with van der Waals surface area (Å²) in [5, 5.41) is 19.4. The second-order valence-electron chi connectivity index (χ2n) is 7.91. The number of quaternary nitrogens is 1. The van der Waals surface area contributed by atoms with Crippen molar-refractivity contribution in [2.75, 3.05) is 6.54 Å². The number of rotatable bonds is 18. The smallest absolute Gasteiger partial charge is 0.146 e. The number of nitrogens with zero attached hydrogens (tertiary/aromatic N) is 1. The molecule has 0 saturated carbocycles. The minimum absolute atomic E-state index is 0.138. The number of hydrogen-bond donors (Lipinski definition) is 2. The highest BCUT2D eigenvalue weighted by atomic mass is 16.8. The van der Waals surface area contributed by atoms with E-state index in [9.17, 15) is 10.4 Å². The second kappa shape index (κ2) is 16.4. The number of hydroxylamine groups is 4. The van der Waals surface area contributed by atoms with Gasteiger partial charge in [0.05, 0.1) is 0 Å². The summed E-state index contributed by atoms with van der Waals surface area (Å²) < 4.78 is 0. The van der Waals surface area contributed by atoms with Gasteiger partial charge < -0.3 is 0 Å². The molecule has 0 atom stereocenters. The fourth-order valence-corrected chi connectivity index (χ4v) is 3.15. The van der Waals surface area contributed by atoms with Gasteiger partial charge in [-0.15, -0.1) is 0 Å². The van der Waals surface area contributed by atoms with Gasteiger partial charge in [-0.25, -0.2) is 0 Å². The maximum Gasteiger partial charge on any atom is 0.146 e. The molecule has 0 aliphatic heterocycles. The average molecular weight is 345 g/mol. The summed E-state index contributed by atoms with van der Waals surface area (Å²) in [6.45, 7) is 6.41. The Bertz CT molecular complexity index is 254. The van der Waals surface area contributed by atoms with Crippen LogP contribution >= 0.6 is 0 Å². The van der Waals surface area contributed by atoms with Gasteiger partial charge in [0, 0.05) is 6.42 Å². The zero-order valence-corrected chi connectivity index (χ0v) is 16.9. The third-order valence-electron chi connectivity index (χ3n) is 5.17. The molecule has 0 spiro atoms. The SMILES string of the molecule is CCCCCCCCCCCCCCCCCC[N+](O)(O)C(C)C. The lowest BCUT2D eigenvalue weighted by molar-refractivity contribution is -1.26. The molecule has 0 aromatic heterocycles. The van der Waals surface area contributed by atoms with Crippen LogP contribution in [0, 0.1) is 0 Å². The maximum absolute atomic E-state index is 9.70. The Hall–Kier alpha value is -0.120. The van der Waals surface area contributed by atoms with E-state index < -0.39 is 4.81 Å². The summed E-state index contributed by atoms with van der Waals surface area (Å²) >= 11 is 0. The Balaban J connectivity index is 3.13. The van der Waals surface area contributed by atoms with E-state index in [2.05, 4.69) is 6.92 Å². The zero-order chi connectivity index (χ0) is 18.1. The molecule has 0 aliphatic rings. The van der Waals surface area contributed by atoms with E-state index in [1.165, 1.54) is 89.9 Å². The highest BCUT2D eigenvalue weighted by Gasteiger charge is 2.26. The summed E-state index contributed by atoms with van der Waals surface area (Å²) in [4.78, 5) is -0.821. The third kappa shape index (κ3) is 15.4. The molecule has 0 heterocycles. The van der Waals surface area contributed by atoms with Gasteiger partial charge in [-0.05, 0) is 25.1 Å². The lowest BCUT2D eigenvalue weighted by atomic mass is 10.0. The van der Waals surface area contributed by atoms with Crippen LogP contribution in [0.4, 0.5) is 0 Å². The molecule has 146 valence electrons. The van der Waals surface area contributed by atoms with Crippen molar-refractivity contribution in [3.8, 4) is 0 Å². The minimum Gasteiger partial charge on any atom is -0.182 e. The zero-order valence-electron chi connectivity index (χ0n) is 16.9. The Morgan fingerprint density at radius 1 is 0.542 bits per heavy atom. The van der Waals surface area contributed by atoms with Crippen LogP contribution in [0.3, 0.4) is 0 Å². The fourth-order valence-electron chi connectivity index (χ4n) is 3.15. The van der Waals surface area contributed by atoms with Crippen LogP contribution in [0.2, 0.25) is 0 Å². The molecule has 0 rings (SSSR count). The molecule has 0 saturated heterocycles. The van der Waals surface area contributed by atoms with Crippen LogP contribution in [0.1, 0.15) is 124 Å². The molecular weight excluding hydrogens is 298 g/mol. The summed E-state index contributed by atoms with van der Waals surface area (Å²) in [7, 11) is 0. The Morgan fingerprint density at radius 3 is 1.12 bits per heavy atom. The van der Waals surface area contributed by atoms with Crippen molar-refractivity contribution in [3.05, 3.63) is 0 Å². The molecule has 0 aliphatic carbocycles. The van der Waals surface area contributed by atoms with E-state index in [1.54, 1.807) is 0 Å². The van der Waals surface area contributed by atoms with E-state index >= 15 is 0 Å². The monoisotopic (exact) mass is 344 g/mol. The molecule has 0 bridgehead atoms. The van der Waals surface area contributed by atoms with Crippen LogP contribution in [0.5, 0.6) is 0 Å². The normalized spacial score (nSPS) is 12.2. The first-order chi connectivity index (χ1) is 11.5. The Labute approximate surface area is 152 Å². The first-order valence-electron chi connectivity index (χ1n) is 10.8. The highest BCUT2D eigenvalue weighted by molar-refractivity contribution is 4.50. The van der Waals surface area contributed by atoms with Crippen molar-refractivity contribution < 1.29 is 15.2 Å². The van der Waals surface area contributed by atoms with Gasteiger partial charge in [0.2, 0.25) is 0 Å². The molecule has 3 heteroatoms. The van der Waals surface area contributed by atoms with Gasteiger partial charge in [-0.1, -0.05) is 96.8 Å². The lowest BCUT2D eigenvalue weighted by Gasteiger charge is -2.25. The van der Waals surface area contributed by atoms with Crippen LogP contribution < -0.4 is 0 Å². The summed E-state index contributed by atoms with van der Waals surface area (Å²) in [6, 6.07) is -0.138. The molecule has 0 unspecified atom stereocenters. The van der Waals surface area contributed by atoms with Gasteiger partial charge >= 0.3 is 0 Å². The number of unbranched alkanes of at least 4 members (excludes halogenated alkanes) is 15. The van der Waals surface area contributed by atoms with Gasteiger partial charge in [0.25, 0.3) is 0 Å². The molecule has 0 amide bonds. The van der Waals surface area contributed by atoms with Crippen molar-refractivity contribution >= 4 is 0 Å². The highest BCUT2D eigenvalue weighted by Crippen LogP contribution is 2.14. The molecule has 0 aromatic rings. The number of hydrogen-bond acceptors (Lipinski definition) is 2. The summed E-state index contributed by atoms with van der Waals surface area (Å²) in [5.41, 5.74) is 0. The summed E-state index contributed by atoms with van der Waals surface area (Å²) in [5.74, 6) is 0. The van der Waals surface area contributed by atoms with Crippen molar-refractivity contribution in [1.82, 2.24) is 0 Å². The summed E-state index contributed by atoms with van der Waals surface area (Å²) in [6.07, 6.45) is 21.5. The van der Waals surface area contributed by atoms with Crippen molar-refractivity contribution in [2.45, 2.75) is 130 Å². The second-order valence-corrected chi connectivity index (χ2v) is 7.91. The molecular formula is C21H46NO2+.